The maximum atomic E-state index is 11.2. The smallest absolute Gasteiger partial charge is 0.370 e. The van der Waals surface area contributed by atoms with E-state index in [9.17, 15) is 91.1 Å². The van der Waals surface area contributed by atoms with Crippen molar-refractivity contribution in [2.75, 3.05) is 53.0 Å². The van der Waals surface area contributed by atoms with Gasteiger partial charge in [-0.25, -0.2) is 53.5 Å². The first-order valence-electron chi connectivity index (χ1n) is 26.9. The second kappa shape index (κ2) is 45.0. The van der Waals surface area contributed by atoms with Gasteiger partial charge in [-0.3, -0.25) is 58.7 Å². The highest BCUT2D eigenvalue weighted by molar-refractivity contribution is 6.15. The number of amides is 10. The van der Waals surface area contributed by atoms with E-state index in [4.69, 9.17) is 21.1 Å². The number of hydrazine groups is 1. The van der Waals surface area contributed by atoms with Crippen LogP contribution in [-0.2, 0) is 134 Å². The predicted molar refractivity (Wildman–Crippen MR) is 323 cm³/mol. The monoisotopic (exact) mass is 1350 g/mol. The Morgan fingerprint density at radius 3 is 1.01 bits per heavy atom. The molecule has 5 aliphatic heterocycles. The minimum atomic E-state index is -1.04. The van der Waals surface area contributed by atoms with Crippen molar-refractivity contribution in [1.82, 2.24) is 30.4 Å². The number of rotatable bonds is 25. The molecule has 36 heteroatoms. The number of imide groups is 5. The highest BCUT2D eigenvalue weighted by Gasteiger charge is 2.31. The van der Waals surface area contributed by atoms with Gasteiger partial charge in [-0.1, -0.05) is 61.2 Å². The molecule has 518 valence electrons. The molecular weight excluding hydrogens is 1280 g/mol. The van der Waals surface area contributed by atoms with E-state index in [0.29, 0.717) is 40.8 Å². The van der Waals surface area contributed by atoms with Gasteiger partial charge in [-0.05, 0) is 61.4 Å². The largest absolute Gasteiger partial charge is 0.462 e. The van der Waals surface area contributed by atoms with Crippen LogP contribution in [0.4, 0.5) is 0 Å². The molecule has 0 unspecified atom stereocenters. The summed E-state index contributed by atoms with van der Waals surface area (Å²) in [6.45, 7) is 33.7. The summed E-state index contributed by atoms with van der Waals surface area (Å²) >= 11 is 0. The van der Waals surface area contributed by atoms with Crippen molar-refractivity contribution in [2.45, 2.75) is 61.3 Å². The van der Waals surface area contributed by atoms with Crippen LogP contribution in [0.2, 0.25) is 0 Å². The zero-order valence-electron chi connectivity index (χ0n) is 53.1. The number of ether oxygens (including phenoxy) is 6. The Labute approximate surface area is 547 Å². The van der Waals surface area contributed by atoms with Gasteiger partial charge in [-0.15, -0.1) is 0 Å². The molecule has 0 atom stereocenters. The zero-order chi connectivity index (χ0) is 74.1. The van der Waals surface area contributed by atoms with Gasteiger partial charge in [-0.2, -0.15) is 0 Å². The van der Waals surface area contributed by atoms with Gasteiger partial charge in [0.25, 0.3) is 59.1 Å². The number of carbonyl (C=O) groups is 19. The molecular formula is C60H70N8O28. The van der Waals surface area contributed by atoms with Crippen LogP contribution < -0.4 is 17.0 Å². The average Bonchev–Trinajstić information content (AvgIpc) is 1.82. The highest BCUT2D eigenvalue weighted by atomic mass is 16.7. The summed E-state index contributed by atoms with van der Waals surface area (Å²) in [6, 6.07) is 0. The van der Waals surface area contributed by atoms with Crippen LogP contribution in [0.25, 0.3) is 0 Å². The van der Waals surface area contributed by atoms with Crippen molar-refractivity contribution < 1.29 is 134 Å². The van der Waals surface area contributed by atoms with Crippen LogP contribution in [-0.4, -0.2) is 191 Å². The topological polar surface area (TPSA) is 488 Å². The van der Waals surface area contributed by atoms with E-state index >= 15 is 0 Å². The number of hydrogen-bond donors (Lipinski definition) is 3. The van der Waals surface area contributed by atoms with E-state index in [1.165, 1.54) is 46.8 Å². The number of hydrogen-bond acceptors (Lipinski definition) is 31. The van der Waals surface area contributed by atoms with Gasteiger partial charge in [0.15, 0.2) is 20.1 Å². The maximum absolute atomic E-state index is 11.2. The van der Waals surface area contributed by atoms with Gasteiger partial charge in [0.1, 0.15) is 13.2 Å². The molecule has 5 aliphatic rings. The predicted octanol–water partition coefficient (Wildman–Crippen LogP) is -0.686. The van der Waals surface area contributed by atoms with Gasteiger partial charge in [0.05, 0.1) is 19.6 Å². The van der Waals surface area contributed by atoms with E-state index in [1.54, 1.807) is 13.8 Å². The molecule has 0 radical (unpaired) electrons. The Bertz CT molecular complexity index is 3260. The quantitative estimate of drug-likeness (QED) is 0.0149. The fourth-order valence-corrected chi connectivity index (χ4v) is 4.87. The summed E-state index contributed by atoms with van der Waals surface area (Å²) in [5, 5.41) is 0.997. The Morgan fingerprint density at radius 1 is 0.365 bits per heavy atom. The van der Waals surface area contributed by atoms with Crippen LogP contribution in [0.15, 0.2) is 146 Å². The summed E-state index contributed by atoms with van der Waals surface area (Å²) in [7, 11) is 0. The lowest BCUT2D eigenvalue weighted by Crippen LogP contribution is -2.34. The van der Waals surface area contributed by atoms with Gasteiger partial charge < -0.3 is 48.7 Å². The molecule has 0 aliphatic carbocycles. The summed E-state index contributed by atoms with van der Waals surface area (Å²) in [6.07, 6.45) is 11.0. The van der Waals surface area contributed by atoms with Crippen molar-refractivity contribution >= 4 is 113 Å². The fourth-order valence-electron chi connectivity index (χ4n) is 4.87. The number of hydroxylamine groups is 6. The number of nitrogens with zero attached hydrogens (tertiary/aromatic N) is 5. The van der Waals surface area contributed by atoms with Crippen molar-refractivity contribution in [3.8, 4) is 0 Å². The lowest BCUT2D eigenvalue weighted by Gasteiger charge is -2.13. The molecule has 0 aromatic carbocycles. The van der Waals surface area contributed by atoms with E-state index in [2.05, 4.69) is 84.9 Å². The molecule has 5 rings (SSSR count). The number of carbonyl (C=O) groups excluding carboxylic acids is 19. The number of nitrogens with two attached hydrogens (primary N) is 2. The van der Waals surface area contributed by atoms with E-state index in [1.807, 2.05) is 0 Å². The lowest BCUT2D eigenvalue weighted by atomic mass is 10.4. The van der Waals surface area contributed by atoms with E-state index in [0.717, 1.165) is 58.4 Å². The molecule has 0 saturated heterocycles. The number of nitrogens with one attached hydrogen (secondary N) is 1. The standard InChI is InChI=1S/C11H11NO6.C10H9NO6.C10H11NO4.C9H9NO4.C8H7NO4.C7H13NO2.C5H10N2O2/c1-7(2)11(16)17-6-5-10(15)18-12-8(13)3-4-9(12)14;1-6(2)10(15)16-5-9(14)17-11-7(12)3-4-8(11)13;1-7(2)10(14)15-6-5-11-8(12)3-4-9(11)13;1-6(2)9(13)14-5-10-7(11)3-4-8(10)12;1-5(2)8(12)13-9-6(10)3-4-7(9)11;1-6(2)7(9)10-5-3-4-8;1-4(2)5(8)9-3-7-6/h3-4H,1,5-6H2,2H3;3-4H,1,5H2,2H3;3-4H,1,5-6H2,2H3;3-4H,1,5H2,2H3;3-4H,1H2,2H3;1,3-5,8H2,2H3;7H,1,3,6H2,2H3. The molecule has 96 heavy (non-hydrogen) atoms. The zero-order valence-corrected chi connectivity index (χ0v) is 53.1. The maximum Gasteiger partial charge on any atom is 0.370 e. The van der Waals surface area contributed by atoms with Crippen molar-refractivity contribution in [1.29, 1.82) is 0 Å². The summed E-state index contributed by atoms with van der Waals surface area (Å²) in [4.78, 5) is 223. The molecule has 0 bridgehead atoms. The van der Waals surface area contributed by atoms with Crippen molar-refractivity contribution in [2.24, 2.45) is 11.6 Å². The highest BCUT2D eigenvalue weighted by Crippen LogP contribution is 2.10. The summed E-state index contributed by atoms with van der Waals surface area (Å²) in [5.74, 6) is -7.25. The SMILES string of the molecule is C=C(C)C(=O)OCC(=O)ON1C(=O)C=CC1=O.C=C(C)C(=O)OCCC(=O)ON1C(=O)C=CC1=O.C=C(C)C(=O)OCCCN.C=C(C)C(=O)OCCN1C(=O)C=CC1=O.C=C(C)C(=O)OCN1C(=O)C=CC1=O.C=C(C)C(=O)OCNN.C=C(C)C(=O)ON1C(=O)C=CC1=O. The number of esters is 6. The van der Waals surface area contributed by atoms with Gasteiger partial charge in [0, 0.05) is 99.8 Å². The third kappa shape index (κ3) is 34.8. The second-order valence-electron chi connectivity index (χ2n) is 18.5. The molecule has 5 N–H and O–H groups in total. The van der Waals surface area contributed by atoms with Crippen LogP contribution in [0.1, 0.15) is 61.3 Å². The molecule has 0 fully saturated rings. The normalized spacial score (nSPS) is 13.2. The van der Waals surface area contributed by atoms with Crippen LogP contribution in [0, 0.1) is 0 Å². The third-order valence-electron chi connectivity index (χ3n) is 9.71. The Kier molecular flexibility index (Phi) is 40.2. The molecule has 0 aromatic rings. The molecule has 0 spiro atoms. The Morgan fingerprint density at radius 2 is 0.656 bits per heavy atom. The lowest BCUT2D eigenvalue weighted by molar-refractivity contribution is -0.199. The first kappa shape index (κ1) is 85.8. The van der Waals surface area contributed by atoms with E-state index < -0.39 is 102 Å². The minimum Gasteiger partial charge on any atom is -0.462 e. The molecule has 10 amide bonds. The third-order valence-corrected chi connectivity index (χ3v) is 9.71. The van der Waals surface area contributed by atoms with Crippen LogP contribution in [0.3, 0.4) is 0 Å². The van der Waals surface area contributed by atoms with Gasteiger partial charge in [0.2, 0.25) is 0 Å². The Hall–Kier alpha value is -12.3. The molecule has 0 saturated carbocycles. The average molecular weight is 1350 g/mol. The van der Waals surface area contributed by atoms with Crippen molar-refractivity contribution in [3.63, 3.8) is 0 Å². The first-order valence-corrected chi connectivity index (χ1v) is 26.9. The van der Waals surface area contributed by atoms with Crippen molar-refractivity contribution in [3.05, 3.63) is 146 Å². The molecule has 0 aromatic heterocycles. The van der Waals surface area contributed by atoms with Crippen LogP contribution >= 0.6 is 0 Å². The fraction of sp³-hybridized carbons (Fsp3) is 0.283. The second-order valence-corrected chi connectivity index (χ2v) is 18.5. The molecule has 36 nitrogen and oxygen atoms in total. The first-order chi connectivity index (χ1) is 44.7. The molecule has 5 heterocycles. The summed E-state index contributed by atoms with van der Waals surface area (Å²) in [5.41, 5.74) is 9.09. The minimum absolute atomic E-state index is 0.00907. The summed E-state index contributed by atoms with van der Waals surface area (Å²) < 4.78 is 27.7. The van der Waals surface area contributed by atoms with Gasteiger partial charge >= 0.3 is 53.7 Å². The van der Waals surface area contributed by atoms with E-state index in [-0.39, 0.29) is 90.4 Å². The van der Waals surface area contributed by atoms with Crippen LogP contribution in [0.5, 0.6) is 0 Å². The Balaban J connectivity index is 0.